The lowest BCUT2D eigenvalue weighted by atomic mass is 10.1. The molecular weight excluding hydrogens is 398 g/mol. The Bertz CT molecular complexity index is 1130. The molecule has 7 nitrogen and oxygen atoms in total. The predicted octanol–water partition coefficient (Wildman–Crippen LogP) is 3.17. The molecule has 5 rings (SSSR count). The van der Waals surface area contributed by atoms with Gasteiger partial charge in [0.25, 0.3) is 0 Å². The van der Waals surface area contributed by atoms with Crippen LogP contribution in [0.5, 0.6) is 0 Å². The lowest BCUT2D eigenvalue weighted by Crippen LogP contribution is -2.47. The molecule has 4 aromatic rings. The quantitative estimate of drug-likeness (QED) is 0.472. The molecule has 1 aliphatic rings. The molecule has 2 aromatic carbocycles. The Morgan fingerprint density at radius 3 is 1.75 bits per heavy atom. The fraction of sp³-hybridized carbons (Fsp3) is 0.240. The molecule has 0 amide bonds. The molecule has 1 aliphatic heterocycles. The van der Waals surface area contributed by atoms with Crippen molar-refractivity contribution in [2.45, 2.75) is 12.8 Å². The second kappa shape index (κ2) is 9.51. The summed E-state index contributed by atoms with van der Waals surface area (Å²) in [7, 11) is 0. The lowest BCUT2D eigenvalue weighted by molar-refractivity contribution is 0.624. The molecule has 1 saturated heterocycles. The summed E-state index contributed by atoms with van der Waals surface area (Å²) in [6.07, 6.45) is 7.04. The molecule has 0 atom stereocenters. The van der Waals surface area contributed by atoms with E-state index in [1.165, 1.54) is 11.1 Å². The Morgan fingerprint density at radius 1 is 0.562 bits per heavy atom. The molecule has 0 saturated carbocycles. The minimum atomic E-state index is 0.708. The number of piperazine rings is 1. The van der Waals surface area contributed by atoms with Crippen molar-refractivity contribution in [3.8, 4) is 0 Å². The van der Waals surface area contributed by atoms with E-state index in [-0.39, 0.29) is 0 Å². The van der Waals surface area contributed by atoms with Gasteiger partial charge in [-0.3, -0.25) is 0 Å². The van der Waals surface area contributed by atoms with E-state index >= 15 is 0 Å². The molecule has 0 radical (unpaired) electrons. The second-order valence-electron chi connectivity index (χ2n) is 7.89. The van der Waals surface area contributed by atoms with Gasteiger partial charge in [0.1, 0.15) is 12.2 Å². The third kappa shape index (κ3) is 4.88. The molecule has 0 aliphatic carbocycles. The van der Waals surface area contributed by atoms with Crippen molar-refractivity contribution in [1.82, 2.24) is 24.9 Å². The maximum Gasteiger partial charge on any atom is 0.228 e. The van der Waals surface area contributed by atoms with Crippen molar-refractivity contribution in [3.05, 3.63) is 102 Å². The van der Waals surface area contributed by atoms with Crippen LogP contribution >= 0.6 is 0 Å². The van der Waals surface area contributed by atoms with Gasteiger partial charge in [0.15, 0.2) is 0 Å². The van der Waals surface area contributed by atoms with Crippen LogP contribution < -0.4 is 9.80 Å². The van der Waals surface area contributed by atoms with Crippen molar-refractivity contribution in [2.24, 2.45) is 0 Å². The van der Waals surface area contributed by atoms with E-state index in [4.69, 9.17) is 4.98 Å². The number of benzene rings is 2. The Labute approximate surface area is 187 Å². The van der Waals surface area contributed by atoms with Crippen molar-refractivity contribution in [3.63, 3.8) is 0 Å². The van der Waals surface area contributed by atoms with Crippen LogP contribution in [0.2, 0.25) is 0 Å². The standard InChI is InChI=1S/C25H25N7/c1-3-7-20(8-4-1)15-22-17-26-24(27-18-22)31-11-13-32(14-12-31)25-29-19-28-23(30-25)16-21-9-5-2-6-10-21/h1-10,17-19H,11-16H2. The number of nitrogens with zero attached hydrogens (tertiary/aromatic N) is 7. The van der Waals surface area contributed by atoms with Gasteiger partial charge in [0.2, 0.25) is 11.9 Å². The summed E-state index contributed by atoms with van der Waals surface area (Å²) in [5.41, 5.74) is 3.58. The van der Waals surface area contributed by atoms with Gasteiger partial charge >= 0.3 is 0 Å². The van der Waals surface area contributed by atoms with Crippen LogP contribution in [-0.4, -0.2) is 51.1 Å². The number of hydrogen-bond acceptors (Lipinski definition) is 7. The summed E-state index contributed by atoms with van der Waals surface area (Å²) in [6, 6.07) is 20.7. The summed E-state index contributed by atoms with van der Waals surface area (Å²) in [5.74, 6) is 2.31. The molecule has 160 valence electrons. The third-order valence-corrected chi connectivity index (χ3v) is 5.60. The van der Waals surface area contributed by atoms with Crippen LogP contribution in [0.4, 0.5) is 11.9 Å². The van der Waals surface area contributed by atoms with Crippen LogP contribution in [0.15, 0.2) is 79.4 Å². The smallest absolute Gasteiger partial charge is 0.228 e. The summed E-state index contributed by atoms with van der Waals surface area (Å²) in [6.45, 7) is 3.31. The van der Waals surface area contributed by atoms with Gasteiger partial charge in [-0.2, -0.15) is 4.98 Å². The van der Waals surface area contributed by atoms with Crippen molar-refractivity contribution in [1.29, 1.82) is 0 Å². The topological polar surface area (TPSA) is 70.9 Å². The minimum Gasteiger partial charge on any atom is -0.337 e. The van der Waals surface area contributed by atoms with Crippen LogP contribution in [0.25, 0.3) is 0 Å². The highest BCUT2D eigenvalue weighted by Crippen LogP contribution is 2.16. The van der Waals surface area contributed by atoms with Crippen molar-refractivity contribution >= 4 is 11.9 Å². The molecule has 7 heteroatoms. The number of rotatable bonds is 6. The highest BCUT2D eigenvalue weighted by atomic mass is 15.4. The highest BCUT2D eigenvalue weighted by molar-refractivity contribution is 5.38. The SMILES string of the molecule is c1ccc(Cc2cnc(N3CCN(c4ncnc(Cc5ccccc5)n4)CC3)nc2)cc1. The Balaban J connectivity index is 1.19. The fourth-order valence-electron chi connectivity index (χ4n) is 3.88. The average Bonchev–Trinajstić information content (AvgIpc) is 2.86. The third-order valence-electron chi connectivity index (χ3n) is 5.60. The molecule has 2 aromatic heterocycles. The Hall–Kier alpha value is -3.87. The minimum absolute atomic E-state index is 0.708. The van der Waals surface area contributed by atoms with Crippen LogP contribution in [0.3, 0.4) is 0 Å². The van der Waals surface area contributed by atoms with Gasteiger partial charge in [0, 0.05) is 51.4 Å². The van der Waals surface area contributed by atoms with Gasteiger partial charge < -0.3 is 9.80 Å². The van der Waals surface area contributed by atoms with Crippen LogP contribution in [-0.2, 0) is 12.8 Å². The van der Waals surface area contributed by atoms with Crippen LogP contribution in [0, 0.1) is 0 Å². The number of anilines is 2. The average molecular weight is 424 g/mol. The van der Waals surface area contributed by atoms with Crippen molar-refractivity contribution in [2.75, 3.05) is 36.0 Å². The first-order chi connectivity index (χ1) is 15.8. The van der Waals surface area contributed by atoms with Gasteiger partial charge in [0.05, 0.1) is 0 Å². The molecule has 0 spiro atoms. The molecule has 0 N–H and O–H groups in total. The van der Waals surface area contributed by atoms with E-state index in [1.807, 2.05) is 36.7 Å². The zero-order chi connectivity index (χ0) is 21.6. The van der Waals surface area contributed by atoms with Gasteiger partial charge in [-0.05, 0) is 16.7 Å². The molecule has 3 heterocycles. The first-order valence-corrected chi connectivity index (χ1v) is 10.9. The highest BCUT2D eigenvalue weighted by Gasteiger charge is 2.21. The maximum atomic E-state index is 4.69. The van der Waals surface area contributed by atoms with Gasteiger partial charge in [-0.25, -0.2) is 19.9 Å². The maximum absolute atomic E-state index is 4.69. The van der Waals surface area contributed by atoms with E-state index in [1.54, 1.807) is 6.33 Å². The van der Waals surface area contributed by atoms with Crippen LogP contribution in [0.1, 0.15) is 22.5 Å². The summed E-state index contributed by atoms with van der Waals surface area (Å²) in [5, 5.41) is 0. The van der Waals surface area contributed by atoms with E-state index in [0.29, 0.717) is 6.42 Å². The lowest BCUT2D eigenvalue weighted by Gasteiger charge is -2.34. The first-order valence-electron chi connectivity index (χ1n) is 10.9. The second-order valence-corrected chi connectivity index (χ2v) is 7.89. The van der Waals surface area contributed by atoms with Crippen molar-refractivity contribution < 1.29 is 0 Å². The van der Waals surface area contributed by atoms with E-state index in [9.17, 15) is 0 Å². The molecular formula is C25H25N7. The normalized spacial score (nSPS) is 13.9. The molecule has 1 fully saturated rings. The monoisotopic (exact) mass is 423 g/mol. The van der Waals surface area contributed by atoms with E-state index in [0.717, 1.165) is 55.9 Å². The zero-order valence-electron chi connectivity index (χ0n) is 17.9. The van der Waals surface area contributed by atoms with E-state index in [2.05, 4.69) is 66.1 Å². The summed E-state index contributed by atoms with van der Waals surface area (Å²) < 4.78 is 0. The van der Waals surface area contributed by atoms with Gasteiger partial charge in [-0.15, -0.1) is 0 Å². The van der Waals surface area contributed by atoms with E-state index < -0.39 is 0 Å². The molecule has 32 heavy (non-hydrogen) atoms. The molecule has 0 bridgehead atoms. The fourth-order valence-corrected chi connectivity index (χ4v) is 3.88. The van der Waals surface area contributed by atoms with Gasteiger partial charge in [-0.1, -0.05) is 60.7 Å². The number of hydrogen-bond donors (Lipinski definition) is 0. The Morgan fingerprint density at radius 2 is 1.12 bits per heavy atom. The summed E-state index contributed by atoms with van der Waals surface area (Å²) >= 11 is 0. The first kappa shape index (κ1) is 20.1. The predicted molar refractivity (Wildman–Crippen MR) is 125 cm³/mol. The Kier molecular flexibility index (Phi) is 5.96. The summed E-state index contributed by atoms with van der Waals surface area (Å²) in [4.78, 5) is 27.1. The largest absolute Gasteiger partial charge is 0.337 e. The number of aromatic nitrogens is 5. The zero-order valence-corrected chi connectivity index (χ0v) is 17.9. The molecule has 0 unspecified atom stereocenters.